The largest absolute Gasteiger partial charge is 0.320 e. The summed E-state index contributed by atoms with van der Waals surface area (Å²) in [7, 11) is 0. The Labute approximate surface area is 132 Å². The molecule has 3 nitrogen and oxygen atoms in total. The standard InChI is InChI=1S/C17H17F3N2O/c1-2-22(10-12-5-3-6-13(18)9-12)11-16(23)21-17-14(19)7-4-8-15(17)20/h3-9H,2,10-11H2,1H3,(H,21,23). The molecular weight excluding hydrogens is 305 g/mol. The molecule has 2 aromatic carbocycles. The number of hydrogen-bond acceptors (Lipinski definition) is 2. The summed E-state index contributed by atoms with van der Waals surface area (Å²) in [5.41, 5.74) is 0.260. The van der Waals surface area contributed by atoms with Gasteiger partial charge in [0.15, 0.2) is 0 Å². The van der Waals surface area contributed by atoms with Crippen LogP contribution >= 0.6 is 0 Å². The summed E-state index contributed by atoms with van der Waals surface area (Å²) in [6, 6.07) is 9.44. The second-order valence-electron chi connectivity index (χ2n) is 5.08. The van der Waals surface area contributed by atoms with Gasteiger partial charge < -0.3 is 5.32 Å². The van der Waals surface area contributed by atoms with Crippen molar-refractivity contribution >= 4 is 11.6 Å². The Bertz CT molecular complexity index is 671. The maximum absolute atomic E-state index is 13.5. The molecule has 0 saturated carbocycles. The molecule has 0 spiro atoms. The third-order valence-corrected chi connectivity index (χ3v) is 3.34. The highest BCUT2D eigenvalue weighted by molar-refractivity contribution is 5.92. The van der Waals surface area contributed by atoms with Gasteiger partial charge in [-0.3, -0.25) is 9.69 Å². The van der Waals surface area contributed by atoms with Crippen LogP contribution in [0.2, 0.25) is 0 Å². The smallest absolute Gasteiger partial charge is 0.238 e. The Kier molecular flexibility index (Phi) is 5.76. The van der Waals surface area contributed by atoms with Gasteiger partial charge in [-0.15, -0.1) is 0 Å². The van der Waals surface area contributed by atoms with Crippen molar-refractivity contribution in [3.8, 4) is 0 Å². The normalized spacial score (nSPS) is 10.8. The van der Waals surface area contributed by atoms with Crippen LogP contribution in [-0.2, 0) is 11.3 Å². The zero-order chi connectivity index (χ0) is 16.8. The Morgan fingerprint density at radius 3 is 2.35 bits per heavy atom. The van der Waals surface area contributed by atoms with Crippen LogP contribution in [0.15, 0.2) is 42.5 Å². The summed E-state index contributed by atoms with van der Waals surface area (Å²) < 4.78 is 40.2. The van der Waals surface area contributed by atoms with Gasteiger partial charge >= 0.3 is 0 Å². The van der Waals surface area contributed by atoms with Crippen LogP contribution in [0.3, 0.4) is 0 Å². The molecule has 0 atom stereocenters. The Balaban J connectivity index is 2.00. The van der Waals surface area contributed by atoms with Crippen LogP contribution in [0.4, 0.5) is 18.9 Å². The second-order valence-corrected chi connectivity index (χ2v) is 5.08. The van der Waals surface area contributed by atoms with E-state index in [1.807, 2.05) is 6.92 Å². The van der Waals surface area contributed by atoms with E-state index in [0.29, 0.717) is 13.1 Å². The first-order valence-corrected chi connectivity index (χ1v) is 7.20. The molecule has 1 amide bonds. The van der Waals surface area contributed by atoms with Gasteiger partial charge in [0.05, 0.1) is 6.54 Å². The third-order valence-electron chi connectivity index (χ3n) is 3.34. The fourth-order valence-corrected chi connectivity index (χ4v) is 2.17. The first kappa shape index (κ1) is 17.0. The molecule has 0 aliphatic carbocycles. The van der Waals surface area contributed by atoms with E-state index in [1.165, 1.54) is 18.2 Å². The summed E-state index contributed by atoms with van der Waals surface area (Å²) in [6.45, 7) is 2.68. The number of nitrogens with zero attached hydrogens (tertiary/aromatic N) is 1. The number of likely N-dealkylation sites (N-methyl/N-ethyl adjacent to an activating group) is 1. The van der Waals surface area contributed by atoms with E-state index in [1.54, 1.807) is 17.0 Å². The lowest BCUT2D eigenvalue weighted by molar-refractivity contribution is -0.117. The highest BCUT2D eigenvalue weighted by Crippen LogP contribution is 2.18. The molecule has 0 radical (unpaired) electrons. The number of amides is 1. The lowest BCUT2D eigenvalue weighted by atomic mass is 10.2. The monoisotopic (exact) mass is 322 g/mol. The number of carbonyl (C=O) groups excluding carboxylic acids is 1. The van der Waals surface area contributed by atoms with Crippen molar-refractivity contribution in [1.82, 2.24) is 4.90 Å². The highest BCUT2D eigenvalue weighted by Gasteiger charge is 2.14. The number of hydrogen-bond donors (Lipinski definition) is 1. The van der Waals surface area contributed by atoms with Crippen LogP contribution in [0.1, 0.15) is 12.5 Å². The quantitative estimate of drug-likeness (QED) is 0.882. The number of rotatable bonds is 6. The highest BCUT2D eigenvalue weighted by atomic mass is 19.1. The fraction of sp³-hybridized carbons (Fsp3) is 0.235. The number of benzene rings is 2. The van der Waals surface area contributed by atoms with Gasteiger partial charge in [0, 0.05) is 6.54 Å². The Morgan fingerprint density at radius 1 is 1.09 bits per heavy atom. The van der Waals surface area contributed by atoms with Gasteiger partial charge in [-0.05, 0) is 36.4 Å². The molecule has 0 bridgehead atoms. The number of anilines is 1. The maximum Gasteiger partial charge on any atom is 0.238 e. The lowest BCUT2D eigenvalue weighted by Gasteiger charge is -2.20. The second kappa shape index (κ2) is 7.78. The lowest BCUT2D eigenvalue weighted by Crippen LogP contribution is -2.33. The van der Waals surface area contributed by atoms with Gasteiger partial charge in [-0.25, -0.2) is 13.2 Å². The predicted molar refractivity (Wildman–Crippen MR) is 82.3 cm³/mol. The third kappa shape index (κ3) is 4.82. The van der Waals surface area contributed by atoms with E-state index in [0.717, 1.165) is 17.7 Å². The predicted octanol–water partition coefficient (Wildman–Crippen LogP) is 3.56. The molecule has 0 aromatic heterocycles. The van der Waals surface area contributed by atoms with Crippen LogP contribution in [0.25, 0.3) is 0 Å². The van der Waals surface area contributed by atoms with Crippen LogP contribution < -0.4 is 5.32 Å². The molecule has 0 aliphatic heterocycles. The van der Waals surface area contributed by atoms with Crippen LogP contribution in [0, 0.1) is 17.5 Å². The molecule has 0 fully saturated rings. The van der Waals surface area contributed by atoms with E-state index >= 15 is 0 Å². The number of carbonyl (C=O) groups is 1. The maximum atomic E-state index is 13.5. The van der Waals surface area contributed by atoms with Crippen molar-refractivity contribution in [3.63, 3.8) is 0 Å². The van der Waals surface area contributed by atoms with E-state index < -0.39 is 23.2 Å². The van der Waals surface area contributed by atoms with E-state index in [4.69, 9.17) is 0 Å². The van der Waals surface area contributed by atoms with E-state index in [-0.39, 0.29) is 12.4 Å². The average molecular weight is 322 g/mol. The number of halogens is 3. The molecule has 0 unspecified atom stereocenters. The molecule has 2 aromatic rings. The summed E-state index contributed by atoms with van der Waals surface area (Å²) in [4.78, 5) is 13.7. The van der Waals surface area contributed by atoms with Gasteiger partial charge in [0.2, 0.25) is 5.91 Å². The summed E-state index contributed by atoms with van der Waals surface area (Å²) in [5.74, 6) is -2.54. The van der Waals surface area contributed by atoms with Gasteiger partial charge in [0.1, 0.15) is 23.1 Å². The zero-order valence-corrected chi connectivity index (χ0v) is 12.7. The first-order valence-electron chi connectivity index (χ1n) is 7.20. The minimum atomic E-state index is -0.827. The SMILES string of the molecule is CCN(CC(=O)Nc1c(F)cccc1F)Cc1cccc(F)c1. The van der Waals surface area contributed by atoms with Crippen molar-refractivity contribution in [2.75, 3.05) is 18.4 Å². The first-order chi connectivity index (χ1) is 11.0. The average Bonchev–Trinajstić information content (AvgIpc) is 2.50. The zero-order valence-electron chi connectivity index (χ0n) is 12.7. The Morgan fingerprint density at radius 2 is 1.74 bits per heavy atom. The van der Waals surface area contributed by atoms with Crippen molar-refractivity contribution in [3.05, 3.63) is 65.5 Å². The fourth-order valence-electron chi connectivity index (χ4n) is 2.17. The van der Waals surface area contributed by atoms with Crippen molar-refractivity contribution in [2.24, 2.45) is 0 Å². The minimum absolute atomic E-state index is 0.0548. The Hall–Kier alpha value is -2.34. The molecular formula is C17H17F3N2O. The van der Waals surface area contributed by atoms with Gasteiger partial charge in [-0.1, -0.05) is 25.1 Å². The van der Waals surface area contributed by atoms with Crippen LogP contribution in [-0.4, -0.2) is 23.9 Å². The van der Waals surface area contributed by atoms with Gasteiger partial charge in [-0.2, -0.15) is 0 Å². The molecule has 6 heteroatoms. The summed E-state index contributed by atoms with van der Waals surface area (Å²) in [6.07, 6.45) is 0. The summed E-state index contributed by atoms with van der Waals surface area (Å²) in [5, 5.41) is 2.24. The topological polar surface area (TPSA) is 32.3 Å². The molecule has 0 aliphatic rings. The van der Waals surface area contributed by atoms with E-state index in [2.05, 4.69) is 5.32 Å². The molecule has 2 rings (SSSR count). The number of para-hydroxylation sites is 1. The molecule has 0 saturated heterocycles. The molecule has 1 N–H and O–H groups in total. The van der Waals surface area contributed by atoms with E-state index in [9.17, 15) is 18.0 Å². The molecule has 122 valence electrons. The van der Waals surface area contributed by atoms with Crippen LogP contribution in [0.5, 0.6) is 0 Å². The summed E-state index contributed by atoms with van der Waals surface area (Å²) >= 11 is 0. The molecule has 0 heterocycles. The van der Waals surface area contributed by atoms with Gasteiger partial charge in [0.25, 0.3) is 0 Å². The number of nitrogens with one attached hydrogen (secondary N) is 1. The minimum Gasteiger partial charge on any atom is -0.320 e. The van der Waals surface area contributed by atoms with Crippen molar-refractivity contribution in [2.45, 2.75) is 13.5 Å². The van der Waals surface area contributed by atoms with Crippen molar-refractivity contribution in [1.29, 1.82) is 0 Å². The van der Waals surface area contributed by atoms with Crippen molar-refractivity contribution < 1.29 is 18.0 Å². The molecule has 23 heavy (non-hydrogen) atoms.